The Morgan fingerprint density at radius 1 is 1.67 bits per heavy atom. The predicted molar refractivity (Wildman–Crippen MR) is 39.4 cm³/mol. The minimum absolute atomic E-state index is 0.140. The van der Waals surface area contributed by atoms with Crippen LogP contribution in [-0.4, -0.2) is 4.87 Å². The SMILES string of the molecule is CC(C1CC1)C1(Cl)[CH]C1. The number of halogens is 1. The second-order valence-corrected chi connectivity index (χ2v) is 4.16. The Labute approximate surface area is 61.6 Å². The summed E-state index contributed by atoms with van der Waals surface area (Å²) in [5.74, 6) is 1.71. The zero-order valence-electron chi connectivity index (χ0n) is 5.73. The van der Waals surface area contributed by atoms with E-state index < -0.39 is 0 Å². The maximum Gasteiger partial charge on any atom is 0.0510 e. The Hall–Kier alpha value is 0.290. The first-order valence-electron chi connectivity index (χ1n) is 3.76. The molecule has 1 heteroatoms. The van der Waals surface area contributed by atoms with Crippen molar-refractivity contribution in [2.24, 2.45) is 11.8 Å². The molecule has 0 aromatic carbocycles. The highest BCUT2D eigenvalue weighted by molar-refractivity contribution is 6.27. The molecule has 0 amide bonds. The fourth-order valence-electron chi connectivity index (χ4n) is 1.46. The third-order valence-corrected chi connectivity index (χ3v) is 3.33. The quantitative estimate of drug-likeness (QED) is 0.522. The molecule has 0 nitrogen and oxygen atoms in total. The van der Waals surface area contributed by atoms with Crippen molar-refractivity contribution in [2.75, 3.05) is 0 Å². The van der Waals surface area contributed by atoms with Gasteiger partial charge < -0.3 is 0 Å². The highest BCUT2D eigenvalue weighted by Gasteiger charge is 2.50. The summed E-state index contributed by atoms with van der Waals surface area (Å²) in [7, 11) is 0. The predicted octanol–water partition coefficient (Wildman–Crippen LogP) is 2.62. The van der Waals surface area contributed by atoms with Gasteiger partial charge in [0.2, 0.25) is 0 Å². The Morgan fingerprint density at radius 3 is 2.56 bits per heavy atom. The van der Waals surface area contributed by atoms with Crippen LogP contribution in [0.1, 0.15) is 26.2 Å². The molecule has 2 aliphatic carbocycles. The Bertz CT molecular complexity index is 123. The Balaban J connectivity index is 1.95. The Morgan fingerprint density at radius 2 is 2.22 bits per heavy atom. The summed E-state index contributed by atoms with van der Waals surface area (Å²) in [6.07, 6.45) is 6.22. The lowest BCUT2D eigenvalue weighted by Crippen LogP contribution is -2.13. The van der Waals surface area contributed by atoms with Gasteiger partial charge in [0.05, 0.1) is 4.87 Å². The number of alkyl halides is 1. The molecule has 51 valence electrons. The second-order valence-electron chi connectivity index (χ2n) is 3.46. The van der Waals surface area contributed by atoms with Crippen molar-refractivity contribution in [1.29, 1.82) is 0 Å². The molecule has 0 aliphatic heterocycles. The van der Waals surface area contributed by atoms with Gasteiger partial charge in [0.15, 0.2) is 0 Å². The number of hydrogen-bond donors (Lipinski definition) is 0. The summed E-state index contributed by atoms with van der Waals surface area (Å²) in [5.41, 5.74) is 0. The van der Waals surface area contributed by atoms with E-state index in [9.17, 15) is 0 Å². The summed E-state index contributed by atoms with van der Waals surface area (Å²) in [6.45, 7) is 2.29. The summed E-state index contributed by atoms with van der Waals surface area (Å²) >= 11 is 6.17. The molecule has 2 atom stereocenters. The zero-order valence-corrected chi connectivity index (χ0v) is 6.49. The minimum atomic E-state index is 0.140. The molecule has 2 saturated carbocycles. The molecular weight excluding hydrogens is 132 g/mol. The number of hydrogen-bond acceptors (Lipinski definition) is 0. The molecule has 0 heterocycles. The lowest BCUT2D eigenvalue weighted by Gasteiger charge is -2.14. The van der Waals surface area contributed by atoms with Crippen LogP contribution in [0.4, 0.5) is 0 Å². The molecule has 2 fully saturated rings. The average Bonchev–Trinajstić information content (AvgIpc) is 2.54. The van der Waals surface area contributed by atoms with E-state index in [0.717, 1.165) is 18.3 Å². The van der Waals surface area contributed by atoms with Crippen molar-refractivity contribution in [3.8, 4) is 0 Å². The largest absolute Gasteiger partial charge is 0.119 e. The van der Waals surface area contributed by atoms with E-state index in [1.165, 1.54) is 12.8 Å². The second kappa shape index (κ2) is 1.66. The maximum absolute atomic E-state index is 6.17. The lowest BCUT2D eigenvalue weighted by molar-refractivity contribution is 0.480. The average molecular weight is 144 g/mol. The van der Waals surface area contributed by atoms with Crippen molar-refractivity contribution < 1.29 is 0 Å². The van der Waals surface area contributed by atoms with Gasteiger partial charge in [-0.3, -0.25) is 0 Å². The summed E-state index contributed by atoms with van der Waals surface area (Å²) < 4.78 is 0. The smallest absolute Gasteiger partial charge is 0.0510 e. The Kier molecular flexibility index (Phi) is 1.11. The summed E-state index contributed by atoms with van der Waals surface area (Å²) in [6, 6.07) is 0. The van der Waals surface area contributed by atoms with Gasteiger partial charge in [0.25, 0.3) is 0 Å². The topological polar surface area (TPSA) is 0 Å². The van der Waals surface area contributed by atoms with E-state index in [0.29, 0.717) is 0 Å². The van der Waals surface area contributed by atoms with Gasteiger partial charge in [0.1, 0.15) is 0 Å². The fourth-order valence-corrected chi connectivity index (χ4v) is 1.71. The molecule has 0 aromatic rings. The van der Waals surface area contributed by atoms with E-state index >= 15 is 0 Å². The van der Waals surface area contributed by atoms with Gasteiger partial charge >= 0.3 is 0 Å². The van der Waals surface area contributed by atoms with Crippen LogP contribution in [0, 0.1) is 18.3 Å². The molecule has 1 radical (unpaired) electrons. The lowest BCUT2D eigenvalue weighted by atomic mass is 10.0. The maximum atomic E-state index is 6.17. The van der Waals surface area contributed by atoms with Crippen LogP contribution >= 0.6 is 11.6 Å². The van der Waals surface area contributed by atoms with Gasteiger partial charge in [-0.05, 0) is 37.5 Å². The monoisotopic (exact) mass is 143 g/mol. The third kappa shape index (κ3) is 0.980. The molecule has 2 rings (SSSR count). The van der Waals surface area contributed by atoms with Crippen molar-refractivity contribution in [1.82, 2.24) is 0 Å². The molecule has 0 spiro atoms. The molecule has 2 aliphatic rings. The van der Waals surface area contributed by atoms with Crippen molar-refractivity contribution in [3.63, 3.8) is 0 Å². The van der Waals surface area contributed by atoms with Crippen LogP contribution in [0.3, 0.4) is 0 Å². The number of rotatable bonds is 2. The fraction of sp³-hybridized carbons (Fsp3) is 0.875. The first kappa shape index (κ1) is 6.03. The van der Waals surface area contributed by atoms with Crippen LogP contribution in [0.2, 0.25) is 0 Å². The van der Waals surface area contributed by atoms with Crippen molar-refractivity contribution >= 4 is 11.6 Å². The van der Waals surface area contributed by atoms with Gasteiger partial charge in [-0.2, -0.15) is 0 Å². The highest BCUT2D eigenvalue weighted by Crippen LogP contribution is 2.55. The molecule has 0 saturated heterocycles. The first-order chi connectivity index (χ1) is 4.22. The van der Waals surface area contributed by atoms with Crippen molar-refractivity contribution in [2.45, 2.75) is 31.1 Å². The van der Waals surface area contributed by atoms with Gasteiger partial charge in [-0.15, -0.1) is 11.6 Å². The standard InChI is InChI=1S/C8H12Cl/c1-6(7-2-3-7)8(9)4-5-8/h4,6-7H,2-3,5H2,1H3. The van der Waals surface area contributed by atoms with Crippen LogP contribution in [0.5, 0.6) is 0 Å². The van der Waals surface area contributed by atoms with E-state index in [2.05, 4.69) is 13.3 Å². The van der Waals surface area contributed by atoms with E-state index in [1.54, 1.807) is 0 Å². The van der Waals surface area contributed by atoms with Crippen LogP contribution < -0.4 is 0 Å². The van der Waals surface area contributed by atoms with E-state index in [-0.39, 0.29) is 4.87 Å². The van der Waals surface area contributed by atoms with Crippen LogP contribution in [-0.2, 0) is 0 Å². The van der Waals surface area contributed by atoms with Crippen LogP contribution in [0.15, 0.2) is 0 Å². The minimum Gasteiger partial charge on any atom is -0.119 e. The molecule has 9 heavy (non-hydrogen) atoms. The molecule has 0 aromatic heterocycles. The van der Waals surface area contributed by atoms with E-state index in [1.807, 2.05) is 0 Å². The third-order valence-electron chi connectivity index (χ3n) is 2.68. The van der Waals surface area contributed by atoms with Crippen LogP contribution in [0.25, 0.3) is 0 Å². The molecular formula is C8H12Cl. The summed E-state index contributed by atoms with van der Waals surface area (Å²) in [5, 5.41) is 0. The van der Waals surface area contributed by atoms with Gasteiger partial charge in [-0.1, -0.05) is 6.92 Å². The first-order valence-corrected chi connectivity index (χ1v) is 4.13. The normalized spacial score (nSPS) is 34.0. The summed E-state index contributed by atoms with van der Waals surface area (Å²) in [4.78, 5) is 0.140. The van der Waals surface area contributed by atoms with Gasteiger partial charge in [0, 0.05) is 0 Å². The van der Waals surface area contributed by atoms with Crippen molar-refractivity contribution in [3.05, 3.63) is 6.42 Å². The molecule has 2 unspecified atom stereocenters. The zero-order chi connectivity index (χ0) is 6.48. The highest BCUT2D eigenvalue weighted by atomic mass is 35.5. The van der Waals surface area contributed by atoms with E-state index in [4.69, 9.17) is 11.6 Å². The molecule has 0 N–H and O–H groups in total. The molecule has 0 bridgehead atoms. The van der Waals surface area contributed by atoms with Gasteiger partial charge in [-0.25, -0.2) is 0 Å².